The SMILES string of the molecule is CC(C)CCC[C@@H](C)[C@H]1C(OC(=O)CCC(=O)O)C[C@H]2[C@@H]3CCC4CCCC[C@]4(C)[C@H]3CC[C@]12C. The molecule has 4 nitrogen and oxygen atoms in total. The van der Waals surface area contributed by atoms with Crippen LogP contribution < -0.4 is 0 Å². The Morgan fingerprint density at radius 3 is 2.40 bits per heavy atom. The molecule has 4 heteroatoms. The lowest BCUT2D eigenvalue weighted by molar-refractivity contribution is -0.155. The average molecular weight is 489 g/mol. The number of ether oxygens (including phenoxy) is 1. The zero-order valence-corrected chi connectivity index (χ0v) is 23.2. The van der Waals surface area contributed by atoms with E-state index >= 15 is 0 Å². The summed E-state index contributed by atoms with van der Waals surface area (Å²) >= 11 is 0. The topological polar surface area (TPSA) is 63.6 Å². The third-order valence-electron chi connectivity index (χ3n) is 11.5. The summed E-state index contributed by atoms with van der Waals surface area (Å²) in [6, 6.07) is 0. The summed E-state index contributed by atoms with van der Waals surface area (Å²) < 4.78 is 6.19. The van der Waals surface area contributed by atoms with Gasteiger partial charge in [0.2, 0.25) is 0 Å². The van der Waals surface area contributed by atoms with Gasteiger partial charge in [0.25, 0.3) is 0 Å². The van der Waals surface area contributed by atoms with E-state index in [1.165, 1.54) is 70.6 Å². The zero-order chi connectivity index (χ0) is 25.4. The first kappa shape index (κ1) is 27.0. The summed E-state index contributed by atoms with van der Waals surface area (Å²) in [4.78, 5) is 23.8. The Kier molecular flexibility index (Phi) is 8.28. The zero-order valence-electron chi connectivity index (χ0n) is 23.2. The Hall–Kier alpha value is -1.06. The molecule has 0 aliphatic heterocycles. The van der Waals surface area contributed by atoms with Crippen LogP contribution in [0, 0.1) is 52.3 Å². The molecule has 35 heavy (non-hydrogen) atoms. The number of aliphatic carboxylic acids is 1. The minimum Gasteiger partial charge on any atom is -0.481 e. The summed E-state index contributed by atoms with van der Waals surface area (Å²) in [5.74, 6) is 3.56. The molecule has 2 unspecified atom stereocenters. The molecule has 0 radical (unpaired) electrons. The van der Waals surface area contributed by atoms with Crippen molar-refractivity contribution in [3.8, 4) is 0 Å². The summed E-state index contributed by atoms with van der Waals surface area (Å²) in [5.41, 5.74) is 0.741. The predicted octanol–water partition coefficient (Wildman–Crippen LogP) is 7.88. The molecule has 0 amide bonds. The molecule has 0 aromatic carbocycles. The third kappa shape index (κ3) is 5.33. The molecule has 200 valence electrons. The number of rotatable bonds is 9. The van der Waals surface area contributed by atoms with Gasteiger partial charge in [0.1, 0.15) is 6.10 Å². The molecule has 0 heterocycles. The van der Waals surface area contributed by atoms with Crippen molar-refractivity contribution in [1.29, 1.82) is 0 Å². The molecule has 4 saturated carbocycles. The van der Waals surface area contributed by atoms with Crippen molar-refractivity contribution >= 4 is 11.9 Å². The Morgan fingerprint density at radius 2 is 1.69 bits per heavy atom. The van der Waals surface area contributed by atoms with Crippen LogP contribution in [-0.4, -0.2) is 23.1 Å². The molecule has 0 aromatic heterocycles. The van der Waals surface area contributed by atoms with Crippen molar-refractivity contribution < 1.29 is 19.4 Å². The third-order valence-corrected chi connectivity index (χ3v) is 11.5. The maximum absolute atomic E-state index is 12.7. The molecule has 0 aromatic rings. The highest BCUT2D eigenvalue weighted by Gasteiger charge is 2.63. The van der Waals surface area contributed by atoms with E-state index in [4.69, 9.17) is 9.84 Å². The largest absolute Gasteiger partial charge is 0.481 e. The fraction of sp³-hybridized carbons (Fsp3) is 0.935. The highest BCUT2D eigenvalue weighted by molar-refractivity contribution is 5.76. The lowest BCUT2D eigenvalue weighted by Crippen LogP contribution is -2.53. The molecule has 0 saturated heterocycles. The minimum absolute atomic E-state index is 0.00648. The van der Waals surface area contributed by atoms with Crippen LogP contribution in [0.3, 0.4) is 0 Å². The van der Waals surface area contributed by atoms with E-state index in [1.54, 1.807) is 0 Å². The Labute approximate surface area is 214 Å². The van der Waals surface area contributed by atoms with E-state index in [0.29, 0.717) is 23.2 Å². The predicted molar refractivity (Wildman–Crippen MR) is 140 cm³/mol. The first-order valence-corrected chi connectivity index (χ1v) is 15.0. The smallest absolute Gasteiger partial charge is 0.306 e. The number of carboxylic acids is 1. The molecule has 1 N–H and O–H groups in total. The van der Waals surface area contributed by atoms with Crippen molar-refractivity contribution in [2.24, 2.45) is 52.3 Å². The van der Waals surface area contributed by atoms with E-state index in [9.17, 15) is 9.59 Å². The number of carbonyl (C=O) groups excluding carboxylic acids is 1. The van der Waals surface area contributed by atoms with Crippen LogP contribution in [0.5, 0.6) is 0 Å². The second kappa shape index (κ2) is 10.7. The number of hydrogen-bond donors (Lipinski definition) is 1. The summed E-state index contributed by atoms with van der Waals surface area (Å²) in [7, 11) is 0. The van der Waals surface area contributed by atoms with Crippen LogP contribution in [0.2, 0.25) is 0 Å². The number of carbonyl (C=O) groups is 2. The van der Waals surface area contributed by atoms with E-state index in [2.05, 4.69) is 34.6 Å². The lowest BCUT2D eigenvalue weighted by Gasteiger charge is -2.60. The molecule has 4 rings (SSSR count). The van der Waals surface area contributed by atoms with Gasteiger partial charge in [-0.05, 0) is 91.3 Å². The van der Waals surface area contributed by atoms with Crippen molar-refractivity contribution in [1.82, 2.24) is 0 Å². The Balaban J connectivity index is 1.55. The summed E-state index contributed by atoms with van der Waals surface area (Å²) in [6.45, 7) is 12.2. The molecule has 4 aliphatic rings. The Morgan fingerprint density at radius 1 is 0.914 bits per heavy atom. The summed E-state index contributed by atoms with van der Waals surface area (Å²) in [6.07, 6.45) is 15.5. The van der Waals surface area contributed by atoms with Gasteiger partial charge in [-0.25, -0.2) is 0 Å². The quantitative estimate of drug-likeness (QED) is 0.335. The lowest BCUT2D eigenvalue weighted by atomic mass is 9.44. The summed E-state index contributed by atoms with van der Waals surface area (Å²) in [5, 5.41) is 9.06. The van der Waals surface area contributed by atoms with Gasteiger partial charge in [-0.3, -0.25) is 9.59 Å². The van der Waals surface area contributed by atoms with Crippen LogP contribution in [0.4, 0.5) is 0 Å². The minimum atomic E-state index is -0.923. The highest BCUT2D eigenvalue weighted by atomic mass is 16.5. The molecule has 9 atom stereocenters. The molecule has 4 fully saturated rings. The van der Waals surface area contributed by atoms with Crippen molar-refractivity contribution in [3.63, 3.8) is 0 Å². The molecule has 0 bridgehead atoms. The second-order valence-corrected chi connectivity index (χ2v) is 13.9. The number of hydrogen-bond acceptors (Lipinski definition) is 3. The average Bonchev–Trinajstić information content (AvgIpc) is 3.08. The maximum Gasteiger partial charge on any atom is 0.306 e. The fourth-order valence-corrected chi connectivity index (χ4v) is 9.92. The van der Waals surface area contributed by atoms with Crippen LogP contribution in [0.15, 0.2) is 0 Å². The van der Waals surface area contributed by atoms with Crippen molar-refractivity contribution in [2.75, 3.05) is 0 Å². The van der Waals surface area contributed by atoms with Gasteiger partial charge in [-0.15, -0.1) is 0 Å². The molecule has 0 spiro atoms. The molecular weight excluding hydrogens is 436 g/mol. The van der Waals surface area contributed by atoms with E-state index < -0.39 is 5.97 Å². The fourth-order valence-electron chi connectivity index (χ4n) is 9.92. The molecular formula is C31H52O4. The highest BCUT2D eigenvalue weighted by Crippen LogP contribution is 2.68. The van der Waals surface area contributed by atoms with Crippen molar-refractivity contribution in [2.45, 2.75) is 131 Å². The Bertz CT molecular complexity index is 761. The number of carboxylic acid groups (broad SMARTS) is 1. The van der Waals surface area contributed by atoms with Crippen LogP contribution in [0.25, 0.3) is 0 Å². The van der Waals surface area contributed by atoms with E-state index in [-0.39, 0.29) is 30.3 Å². The first-order chi connectivity index (χ1) is 16.6. The van der Waals surface area contributed by atoms with Gasteiger partial charge in [0.15, 0.2) is 0 Å². The first-order valence-electron chi connectivity index (χ1n) is 15.0. The second-order valence-electron chi connectivity index (χ2n) is 13.9. The van der Waals surface area contributed by atoms with Crippen LogP contribution >= 0.6 is 0 Å². The van der Waals surface area contributed by atoms with E-state index in [1.807, 2.05) is 0 Å². The van der Waals surface area contributed by atoms with E-state index in [0.717, 1.165) is 30.1 Å². The maximum atomic E-state index is 12.7. The van der Waals surface area contributed by atoms with Gasteiger partial charge >= 0.3 is 11.9 Å². The number of esters is 1. The monoisotopic (exact) mass is 488 g/mol. The number of fused-ring (bicyclic) bond motifs is 5. The van der Waals surface area contributed by atoms with Gasteiger partial charge in [-0.1, -0.05) is 66.7 Å². The van der Waals surface area contributed by atoms with Gasteiger partial charge in [0.05, 0.1) is 12.8 Å². The normalized spacial score (nSPS) is 41.5. The van der Waals surface area contributed by atoms with Crippen molar-refractivity contribution in [3.05, 3.63) is 0 Å². The van der Waals surface area contributed by atoms with Crippen LogP contribution in [0.1, 0.15) is 125 Å². The van der Waals surface area contributed by atoms with Crippen LogP contribution in [-0.2, 0) is 14.3 Å². The van der Waals surface area contributed by atoms with Gasteiger partial charge in [-0.2, -0.15) is 0 Å². The van der Waals surface area contributed by atoms with Gasteiger partial charge < -0.3 is 9.84 Å². The molecule has 4 aliphatic carbocycles. The standard InChI is InChI=1S/C31H52O4/c1-20(2)9-8-10-21(3)29-26(35-28(34)15-14-27(32)33)19-25-23-13-12-22-11-6-7-17-30(22,4)24(23)16-18-31(25,29)5/h20-26,29H,6-19H2,1-5H3,(H,32,33)/t21-,22?,23-,24+,25+,26?,29+,30+,31+/m1/s1. The van der Waals surface area contributed by atoms with Gasteiger partial charge in [0, 0.05) is 5.92 Å².